The molecule has 4 rings (SSSR count). The Morgan fingerprint density at radius 1 is 1.24 bits per heavy atom. The molecule has 3 aliphatic rings. The third-order valence-electron chi connectivity index (χ3n) is 4.57. The van der Waals surface area contributed by atoms with E-state index in [1.807, 2.05) is 0 Å². The highest BCUT2D eigenvalue weighted by molar-refractivity contribution is 5.52. The predicted octanol–water partition coefficient (Wildman–Crippen LogP) is 0.763. The lowest BCUT2D eigenvalue weighted by atomic mass is 10.1. The number of aromatic nitrogens is 2. The normalized spacial score (nSPS) is 30.7. The zero-order valence-corrected chi connectivity index (χ0v) is 10.0. The number of aryl methyl sites for hydroxylation is 1. The average molecular weight is 230 g/mol. The first-order valence-corrected chi connectivity index (χ1v) is 6.73. The van der Waals surface area contributed by atoms with Crippen LogP contribution in [0.1, 0.15) is 24.1 Å². The summed E-state index contributed by atoms with van der Waals surface area (Å²) in [6, 6.07) is 0.676. The molecule has 0 saturated carbocycles. The van der Waals surface area contributed by atoms with E-state index in [-0.39, 0.29) is 0 Å². The third kappa shape index (κ3) is 1.40. The van der Waals surface area contributed by atoms with Crippen molar-refractivity contribution in [1.82, 2.24) is 15.3 Å². The van der Waals surface area contributed by atoms with Gasteiger partial charge in [-0.1, -0.05) is 0 Å². The lowest BCUT2D eigenvalue weighted by Crippen LogP contribution is -2.35. The van der Waals surface area contributed by atoms with E-state index in [1.54, 1.807) is 6.33 Å². The molecular weight excluding hydrogens is 212 g/mol. The van der Waals surface area contributed by atoms with Gasteiger partial charge in [-0.2, -0.15) is 0 Å². The molecule has 0 bridgehead atoms. The fourth-order valence-corrected chi connectivity index (χ4v) is 3.70. The summed E-state index contributed by atoms with van der Waals surface area (Å²) in [5.41, 5.74) is 2.73. The van der Waals surface area contributed by atoms with E-state index in [0.29, 0.717) is 6.04 Å². The van der Waals surface area contributed by atoms with Crippen molar-refractivity contribution < 1.29 is 0 Å². The molecule has 2 saturated heterocycles. The molecule has 2 aliphatic heterocycles. The molecule has 0 spiro atoms. The van der Waals surface area contributed by atoms with Gasteiger partial charge in [0, 0.05) is 36.9 Å². The zero-order chi connectivity index (χ0) is 11.2. The van der Waals surface area contributed by atoms with Crippen LogP contribution >= 0.6 is 0 Å². The van der Waals surface area contributed by atoms with Gasteiger partial charge in [0.1, 0.15) is 12.1 Å². The highest BCUT2D eigenvalue weighted by atomic mass is 15.3. The number of nitrogens with zero attached hydrogens (tertiary/aromatic N) is 3. The Labute approximate surface area is 101 Å². The van der Waals surface area contributed by atoms with Crippen LogP contribution in [-0.4, -0.2) is 35.6 Å². The maximum atomic E-state index is 4.58. The number of rotatable bonds is 1. The fraction of sp³-hybridized carbons (Fsp3) is 0.692. The van der Waals surface area contributed by atoms with E-state index < -0.39 is 0 Å². The predicted molar refractivity (Wildman–Crippen MR) is 66.2 cm³/mol. The van der Waals surface area contributed by atoms with Crippen LogP contribution in [0.3, 0.4) is 0 Å². The molecule has 3 heterocycles. The highest BCUT2D eigenvalue weighted by Crippen LogP contribution is 2.35. The summed E-state index contributed by atoms with van der Waals surface area (Å²) >= 11 is 0. The smallest absolute Gasteiger partial charge is 0.135 e. The number of nitrogens with one attached hydrogen (secondary N) is 1. The average Bonchev–Trinajstić information content (AvgIpc) is 3.04. The van der Waals surface area contributed by atoms with Crippen LogP contribution in [0.15, 0.2) is 6.33 Å². The van der Waals surface area contributed by atoms with Crippen molar-refractivity contribution in [3.63, 3.8) is 0 Å². The first-order chi connectivity index (χ1) is 8.43. The molecule has 1 aromatic heterocycles. The maximum absolute atomic E-state index is 4.58. The van der Waals surface area contributed by atoms with Crippen molar-refractivity contribution >= 4 is 5.82 Å². The molecule has 0 unspecified atom stereocenters. The van der Waals surface area contributed by atoms with Gasteiger partial charge in [0.05, 0.1) is 0 Å². The van der Waals surface area contributed by atoms with E-state index in [1.165, 1.54) is 49.4 Å². The minimum Gasteiger partial charge on any atom is -0.352 e. The Bertz CT molecular complexity index is 445. The molecule has 1 N–H and O–H groups in total. The molecule has 1 aliphatic carbocycles. The molecule has 4 nitrogen and oxygen atoms in total. The number of hydrogen-bond donors (Lipinski definition) is 1. The van der Waals surface area contributed by atoms with E-state index in [4.69, 9.17) is 0 Å². The minimum atomic E-state index is 0.676. The van der Waals surface area contributed by atoms with Gasteiger partial charge in [-0.25, -0.2) is 9.97 Å². The van der Waals surface area contributed by atoms with Gasteiger partial charge in [-0.3, -0.25) is 0 Å². The second kappa shape index (κ2) is 3.67. The molecule has 0 aromatic carbocycles. The quantitative estimate of drug-likeness (QED) is 0.773. The Balaban J connectivity index is 1.73. The van der Waals surface area contributed by atoms with Crippen LogP contribution in [0.5, 0.6) is 0 Å². The first-order valence-electron chi connectivity index (χ1n) is 6.73. The Morgan fingerprint density at radius 2 is 2.24 bits per heavy atom. The summed E-state index contributed by atoms with van der Waals surface area (Å²) in [6.07, 6.45) is 6.64. The molecular formula is C13H18N4. The maximum Gasteiger partial charge on any atom is 0.135 e. The van der Waals surface area contributed by atoms with E-state index in [2.05, 4.69) is 20.2 Å². The molecule has 90 valence electrons. The summed E-state index contributed by atoms with van der Waals surface area (Å²) in [6.45, 7) is 3.50. The summed E-state index contributed by atoms with van der Waals surface area (Å²) < 4.78 is 0. The van der Waals surface area contributed by atoms with Crippen molar-refractivity contribution in [2.75, 3.05) is 24.5 Å². The molecule has 17 heavy (non-hydrogen) atoms. The van der Waals surface area contributed by atoms with Gasteiger partial charge < -0.3 is 10.2 Å². The first kappa shape index (κ1) is 9.83. The van der Waals surface area contributed by atoms with Gasteiger partial charge >= 0.3 is 0 Å². The zero-order valence-electron chi connectivity index (χ0n) is 10.0. The Kier molecular flexibility index (Phi) is 2.12. The van der Waals surface area contributed by atoms with Gasteiger partial charge in [-0.15, -0.1) is 0 Å². The summed E-state index contributed by atoms with van der Waals surface area (Å²) in [7, 11) is 0. The standard InChI is InChI=1S/C13H18N4/c1-2-10-11(3-1)15-8-16-13(10)17-5-4-9-6-14-7-12(9)17/h8-9,12,14H,1-7H2/t9-,12+/m0/s1. The van der Waals surface area contributed by atoms with E-state index in [0.717, 1.165) is 18.9 Å². The van der Waals surface area contributed by atoms with Crippen LogP contribution in [0, 0.1) is 5.92 Å². The summed E-state index contributed by atoms with van der Waals surface area (Å²) in [5.74, 6) is 2.07. The molecule has 2 atom stereocenters. The highest BCUT2D eigenvalue weighted by Gasteiger charge is 2.39. The van der Waals surface area contributed by atoms with E-state index in [9.17, 15) is 0 Å². The third-order valence-corrected chi connectivity index (χ3v) is 4.57. The van der Waals surface area contributed by atoms with Crippen LogP contribution in [-0.2, 0) is 12.8 Å². The van der Waals surface area contributed by atoms with Crippen LogP contribution in [0.25, 0.3) is 0 Å². The number of anilines is 1. The van der Waals surface area contributed by atoms with Crippen molar-refractivity contribution in [3.8, 4) is 0 Å². The molecule has 0 amide bonds. The minimum absolute atomic E-state index is 0.676. The van der Waals surface area contributed by atoms with Gasteiger partial charge in [0.25, 0.3) is 0 Å². The van der Waals surface area contributed by atoms with Crippen LogP contribution in [0.4, 0.5) is 5.82 Å². The van der Waals surface area contributed by atoms with Crippen LogP contribution in [0.2, 0.25) is 0 Å². The van der Waals surface area contributed by atoms with Gasteiger partial charge in [-0.05, 0) is 31.6 Å². The lowest BCUT2D eigenvalue weighted by molar-refractivity contribution is 0.577. The molecule has 1 aromatic rings. The lowest BCUT2D eigenvalue weighted by Gasteiger charge is -2.26. The summed E-state index contributed by atoms with van der Waals surface area (Å²) in [5, 5.41) is 3.51. The van der Waals surface area contributed by atoms with Crippen molar-refractivity contribution in [2.45, 2.75) is 31.7 Å². The van der Waals surface area contributed by atoms with E-state index >= 15 is 0 Å². The van der Waals surface area contributed by atoms with Gasteiger partial charge in [0.15, 0.2) is 0 Å². The monoisotopic (exact) mass is 230 g/mol. The molecule has 4 heteroatoms. The van der Waals surface area contributed by atoms with Crippen molar-refractivity contribution in [1.29, 1.82) is 0 Å². The second-order valence-electron chi connectivity index (χ2n) is 5.44. The van der Waals surface area contributed by atoms with Gasteiger partial charge in [0.2, 0.25) is 0 Å². The van der Waals surface area contributed by atoms with Crippen LogP contribution < -0.4 is 10.2 Å². The SMILES string of the molecule is c1nc2c(c(N3CC[C@H]4CNC[C@H]43)n1)CCC2. The molecule has 2 fully saturated rings. The Hall–Kier alpha value is -1.16. The van der Waals surface area contributed by atoms with Crippen molar-refractivity contribution in [3.05, 3.63) is 17.6 Å². The topological polar surface area (TPSA) is 41.1 Å². The second-order valence-corrected chi connectivity index (χ2v) is 5.44. The summed E-state index contributed by atoms with van der Waals surface area (Å²) in [4.78, 5) is 11.5. The van der Waals surface area contributed by atoms with Crippen molar-refractivity contribution in [2.24, 2.45) is 5.92 Å². The number of hydrogen-bond acceptors (Lipinski definition) is 4. The molecule has 0 radical (unpaired) electrons. The number of fused-ring (bicyclic) bond motifs is 2. The largest absolute Gasteiger partial charge is 0.352 e. The Morgan fingerprint density at radius 3 is 3.24 bits per heavy atom. The fourth-order valence-electron chi connectivity index (χ4n) is 3.70.